The van der Waals surface area contributed by atoms with Crippen LogP contribution in [0, 0.1) is 25.2 Å². The number of nitrogens with one attached hydrogen (secondary N) is 1. The Bertz CT molecular complexity index is 1100. The van der Waals surface area contributed by atoms with Gasteiger partial charge in [0, 0.05) is 50.7 Å². The monoisotopic (exact) mass is 374 g/mol. The second-order valence-corrected chi connectivity index (χ2v) is 7.22. The summed E-state index contributed by atoms with van der Waals surface area (Å²) in [5.74, 6) is 0.912. The zero-order chi connectivity index (χ0) is 19.7. The van der Waals surface area contributed by atoms with E-state index in [1.165, 1.54) is 0 Å². The first kappa shape index (κ1) is 18.1. The molecule has 1 saturated heterocycles. The van der Waals surface area contributed by atoms with Crippen molar-refractivity contribution in [2.45, 2.75) is 20.4 Å². The van der Waals surface area contributed by atoms with Gasteiger partial charge in [0.25, 0.3) is 5.56 Å². The topological polar surface area (TPSA) is 88.9 Å². The second-order valence-electron chi connectivity index (χ2n) is 7.22. The van der Waals surface area contributed by atoms with E-state index in [2.05, 4.69) is 30.8 Å². The molecule has 0 saturated carbocycles. The van der Waals surface area contributed by atoms with Gasteiger partial charge in [0.05, 0.1) is 16.6 Å². The summed E-state index contributed by atoms with van der Waals surface area (Å²) in [5.41, 5.74) is 4.94. The molecule has 1 aliphatic heterocycles. The van der Waals surface area contributed by atoms with Gasteiger partial charge in [0.2, 0.25) is 0 Å². The number of rotatable bonds is 3. The summed E-state index contributed by atoms with van der Waals surface area (Å²) in [6.07, 6.45) is 3.52. The molecule has 0 radical (unpaired) electrons. The summed E-state index contributed by atoms with van der Waals surface area (Å²) >= 11 is 0. The van der Waals surface area contributed by atoms with Crippen LogP contribution in [0.15, 0.2) is 35.4 Å². The first-order chi connectivity index (χ1) is 13.5. The van der Waals surface area contributed by atoms with Crippen molar-refractivity contribution in [1.29, 1.82) is 5.26 Å². The SMILES string of the molecule is Cc1c(C)c2ncc(CN3CCN(c4ccc(C#N)cn4)CC3)cc2[nH]c1=O. The lowest BCUT2D eigenvalue weighted by Crippen LogP contribution is -2.46. The van der Waals surface area contributed by atoms with E-state index in [1.807, 2.05) is 32.2 Å². The van der Waals surface area contributed by atoms with Gasteiger partial charge in [-0.25, -0.2) is 4.98 Å². The van der Waals surface area contributed by atoms with Gasteiger partial charge < -0.3 is 9.88 Å². The molecule has 4 heterocycles. The van der Waals surface area contributed by atoms with Crippen LogP contribution in [-0.2, 0) is 6.54 Å². The van der Waals surface area contributed by atoms with Crippen LogP contribution >= 0.6 is 0 Å². The molecule has 4 rings (SSSR count). The molecule has 0 spiro atoms. The number of piperazine rings is 1. The molecule has 7 heteroatoms. The summed E-state index contributed by atoms with van der Waals surface area (Å²) < 4.78 is 0. The normalized spacial score (nSPS) is 15.0. The average molecular weight is 374 g/mol. The molecule has 3 aromatic heterocycles. The van der Waals surface area contributed by atoms with Gasteiger partial charge in [-0.2, -0.15) is 5.26 Å². The van der Waals surface area contributed by atoms with E-state index in [9.17, 15) is 4.79 Å². The number of H-pyrrole nitrogens is 1. The van der Waals surface area contributed by atoms with Crippen molar-refractivity contribution < 1.29 is 0 Å². The van der Waals surface area contributed by atoms with Crippen LogP contribution in [0.1, 0.15) is 22.3 Å². The maximum Gasteiger partial charge on any atom is 0.251 e. The van der Waals surface area contributed by atoms with E-state index in [0.29, 0.717) is 5.56 Å². The predicted molar refractivity (Wildman–Crippen MR) is 108 cm³/mol. The van der Waals surface area contributed by atoms with Gasteiger partial charge in [0.15, 0.2) is 0 Å². The smallest absolute Gasteiger partial charge is 0.251 e. The van der Waals surface area contributed by atoms with E-state index in [0.717, 1.165) is 66.3 Å². The van der Waals surface area contributed by atoms with Crippen molar-refractivity contribution in [1.82, 2.24) is 19.9 Å². The molecule has 0 aromatic carbocycles. The fourth-order valence-corrected chi connectivity index (χ4v) is 3.59. The molecule has 7 nitrogen and oxygen atoms in total. The van der Waals surface area contributed by atoms with E-state index in [4.69, 9.17) is 5.26 Å². The third kappa shape index (κ3) is 3.47. The number of aromatic amines is 1. The standard InChI is InChI=1S/C21H22N6O/c1-14-15(2)21(28)25-18-9-17(12-24-20(14)18)13-26-5-7-27(8-6-26)19-4-3-16(10-22)11-23-19/h3-4,9,11-12H,5-8,13H2,1-2H3,(H,25,28). The van der Waals surface area contributed by atoms with Crippen molar-refractivity contribution in [3.8, 4) is 6.07 Å². The summed E-state index contributed by atoms with van der Waals surface area (Å²) in [5, 5.41) is 8.89. The lowest BCUT2D eigenvalue weighted by atomic mass is 10.1. The van der Waals surface area contributed by atoms with Gasteiger partial charge in [-0.3, -0.25) is 14.7 Å². The number of aromatic nitrogens is 3. The number of aryl methyl sites for hydroxylation is 1. The number of anilines is 1. The van der Waals surface area contributed by atoms with E-state index in [-0.39, 0.29) is 5.56 Å². The minimum absolute atomic E-state index is 0.0486. The molecule has 0 atom stereocenters. The minimum Gasteiger partial charge on any atom is -0.354 e. The highest BCUT2D eigenvalue weighted by Gasteiger charge is 2.18. The third-order valence-corrected chi connectivity index (χ3v) is 5.43. The molecule has 1 N–H and O–H groups in total. The Hall–Kier alpha value is -3.24. The molecule has 1 aliphatic rings. The number of fused-ring (bicyclic) bond motifs is 1. The molecule has 0 bridgehead atoms. The Morgan fingerprint density at radius 2 is 1.89 bits per heavy atom. The maximum absolute atomic E-state index is 12.0. The number of hydrogen-bond acceptors (Lipinski definition) is 6. The Labute approximate surface area is 163 Å². The van der Waals surface area contributed by atoms with E-state index in [1.54, 1.807) is 12.3 Å². The quantitative estimate of drug-likeness (QED) is 0.755. The lowest BCUT2D eigenvalue weighted by Gasteiger charge is -2.35. The molecular formula is C21H22N6O. The van der Waals surface area contributed by atoms with Crippen molar-refractivity contribution in [3.63, 3.8) is 0 Å². The Morgan fingerprint density at radius 3 is 2.57 bits per heavy atom. The maximum atomic E-state index is 12.0. The Morgan fingerprint density at radius 1 is 1.11 bits per heavy atom. The highest BCUT2D eigenvalue weighted by Crippen LogP contribution is 2.18. The Balaban J connectivity index is 1.44. The average Bonchev–Trinajstić information content (AvgIpc) is 2.73. The van der Waals surface area contributed by atoms with Crippen LogP contribution in [-0.4, -0.2) is 46.0 Å². The van der Waals surface area contributed by atoms with Gasteiger partial charge in [0.1, 0.15) is 11.9 Å². The first-order valence-corrected chi connectivity index (χ1v) is 9.37. The predicted octanol–water partition coefficient (Wildman–Crippen LogP) is 2.13. The van der Waals surface area contributed by atoms with Crippen LogP contribution in [0.25, 0.3) is 11.0 Å². The molecule has 142 valence electrons. The summed E-state index contributed by atoms with van der Waals surface area (Å²) in [4.78, 5) is 28.6. The van der Waals surface area contributed by atoms with Crippen molar-refractivity contribution in [2.75, 3.05) is 31.1 Å². The zero-order valence-electron chi connectivity index (χ0n) is 16.1. The molecule has 1 fully saturated rings. The third-order valence-electron chi connectivity index (χ3n) is 5.43. The molecule has 3 aromatic rings. The minimum atomic E-state index is -0.0486. The number of hydrogen-bond donors (Lipinski definition) is 1. The second kappa shape index (κ2) is 7.41. The van der Waals surface area contributed by atoms with Gasteiger partial charge in [-0.15, -0.1) is 0 Å². The first-order valence-electron chi connectivity index (χ1n) is 9.37. The number of nitrogens with zero attached hydrogens (tertiary/aromatic N) is 5. The van der Waals surface area contributed by atoms with E-state index >= 15 is 0 Å². The highest BCUT2D eigenvalue weighted by molar-refractivity contribution is 5.78. The van der Waals surface area contributed by atoms with Gasteiger partial charge >= 0.3 is 0 Å². The zero-order valence-corrected chi connectivity index (χ0v) is 16.1. The van der Waals surface area contributed by atoms with Crippen LogP contribution in [0.4, 0.5) is 5.82 Å². The number of pyridine rings is 3. The molecule has 0 unspecified atom stereocenters. The Kier molecular flexibility index (Phi) is 4.80. The number of nitriles is 1. The van der Waals surface area contributed by atoms with Gasteiger partial charge in [-0.05, 0) is 43.2 Å². The fraction of sp³-hybridized carbons (Fsp3) is 0.333. The van der Waals surface area contributed by atoms with Crippen molar-refractivity contribution >= 4 is 16.9 Å². The molecule has 0 amide bonds. The summed E-state index contributed by atoms with van der Waals surface area (Å²) in [6, 6.07) is 7.84. The van der Waals surface area contributed by atoms with E-state index < -0.39 is 0 Å². The largest absolute Gasteiger partial charge is 0.354 e. The van der Waals surface area contributed by atoms with Crippen LogP contribution < -0.4 is 10.5 Å². The molecular weight excluding hydrogens is 352 g/mol. The molecule has 28 heavy (non-hydrogen) atoms. The van der Waals surface area contributed by atoms with Crippen LogP contribution in [0.2, 0.25) is 0 Å². The summed E-state index contributed by atoms with van der Waals surface area (Å²) in [6.45, 7) is 8.17. The lowest BCUT2D eigenvalue weighted by molar-refractivity contribution is 0.249. The fourth-order valence-electron chi connectivity index (χ4n) is 3.59. The summed E-state index contributed by atoms with van der Waals surface area (Å²) in [7, 11) is 0. The van der Waals surface area contributed by atoms with Gasteiger partial charge in [-0.1, -0.05) is 0 Å². The van der Waals surface area contributed by atoms with Crippen LogP contribution in [0.3, 0.4) is 0 Å². The molecule has 0 aliphatic carbocycles. The van der Waals surface area contributed by atoms with Crippen molar-refractivity contribution in [2.24, 2.45) is 0 Å². The van der Waals surface area contributed by atoms with Crippen LogP contribution in [0.5, 0.6) is 0 Å². The highest BCUT2D eigenvalue weighted by atomic mass is 16.1. The van der Waals surface area contributed by atoms with Crippen molar-refractivity contribution in [3.05, 3.63) is 63.2 Å².